The highest BCUT2D eigenvalue weighted by Crippen LogP contribution is 2.31. The molecule has 1 saturated heterocycles. The Bertz CT molecular complexity index is 410. The van der Waals surface area contributed by atoms with Crippen LogP contribution >= 0.6 is 11.6 Å². The van der Waals surface area contributed by atoms with Gasteiger partial charge in [-0.1, -0.05) is 23.7 Å². The molecular formula is C13H15ClN2. The zero-order valence-electron chi connectivity index (χ0n) is 9.12. The van der Waals surface area contributed by atoms with Gasteiger partial charge in [-0.05, 0) is 42.9 Å². The van der Waals surface area contributed by atoms with Crippen molar-refractivity contribution in [1.82, 2.24) is 10.3 Å². The lowest BCUT2D eigenvalue weighted by atomic mass is 9.95. The minimum atomic E-state index is 0.524. The Kier molecular flexibility index (Phi) is 2.70. The third kappa shape index (κ3) is 1.87. The van der Waals surface area contributed by atoms with E-state index in [2.05, 4.69) is 22.4 Å². The molecule has 2 bridgehead atoms. The van der Waals surface area contributed by atoms with Gasteiger partial charge in [0, 0.05) is 18.3 Å². The second-order valence-corrected chi connectivity index (χ2v) is 4.99. The summed E-state index contributed by atoms with van der Waals surface area (Å²) in [5.74, 6) is 0. The molecule has 1 aromatic heterocycles. The number of pyridine rings is 1. The van der Waals surface area contributed by atoms with Gasteiger partial charge in [0.05, 0.1) is 0 Å². The molecule has 3 heteroatoms. The number of hydrogen-bond donors (Lipinski definition) is 1. The second-order valence-electron chi connectivity index (χ2n) is 4.60. The number of aromatic nitrogens is 1. The number of rotatable bonds is 1. The van der Waals surface area contributed by atoms with Crippen molar-refractivity contribution >= 4 is 17.2 Å². The zero-order chi connectivity index (χ0) is 11.0. The van der Waals surface area contributed by atoms with Crippen molar-refractivity contribution in [2.45, 2.75) is 37.8 Å². The molecule has 2 aliphatic heterocycles. The number of allylic oxidation sites excluding steroid dienone is 1. The highest BCUT2D eigenvalue weighted by atomic mass is 35.5. The average molecular weight is 235 g/mol. The van der Waals surface area contributed by atoms with Crippen LogP contribution in [0.4, 0.5) is 0 Å². The monoisotopic (exact) mass is 234 g/mol. The fourth-order valence-corrected chi connectivity index (χ4v) is 2.85. The van der Waals surface area contributed by atoms with Crippen molar-refractivity contribution in [3.63, 3.8) is 0 Å². The molecule has 0 saturated carbocycles. The maximum absolute atomic E-state index is 5.82. The van der Waals surface area contributed by atoms with Crippen molar-refractivity contribution in [3.05, 3.63) is 35.1 Å². The summed E-state index contributed by atoms with van der Waals surface area (Å²) in [6.07, 6.45) is 9.24. The largest absolute Gasteiger partial charge is 0.307 e. The standard InChI is InChI=1S/C13H15ClN2/c14-13-7-4-9(8-15-13)11-3-1-2-10-5-6-12(11)16-10/h3-4,7-8,10,12,16H,1-2,5-6H2/t10-,12?/m0/s1. The van der Waals surface area contributed by atoms with E-state index in [1.165, 1.54) is 36.8 Å². The van der Waals surface area contributed by atoms with Gasteiger partial charge >= 0.3 is 0 Å². The van der Waals surface area contributed by atoms with E-state index in [0.717, 1.165) is 6.04 Å². The summed E-state index contributed by atoms with van der Waals surface area (Å²) in [6.45, 7) is 0. The Balaban J connectivity index is 1.92. The SMILES string of the molecule is Clc1ccc(C2=CCC[C@H]3CCC2N3)cn1. The van der Waals surface area contributed by atoms with E-state index in [-0.39, 0.29) is 0 Å². The normalized spacial score (nSPS) is 28.7. The topological polar surface area (TPSA) is 24.9 Å². The lowest BCUT2D eigenvalue weighted by Gasteiger charge is -2.15. The van der Waals surface area contributed by atoms with Gasteiger partial charge in [-0.2, -0.15) is 0 Å². The van der Waals surface area contributed by atoms with Crippen molar-refractivity contribution < 1.29 is 0 Å². The van der Waals surface area contributed by atoms with Crippen LogP contribution < -0.4 is 5.32 Å². The molecule has 0 aliphatic carbocycles. The third-order valence-electron chi connectivity index (χ3n) is 3.56. The molecule has 2 atom stereocenters. The molecule has 2 nitrogen and oxygen atoms in total. The summed E-state index contributed by atoms with van der Waals surface area (Å²) in [7, 11) is 0. The molecule has 1 fully saturated rings. The van der Waals surface area contributed by atoms with Crippen molar-refractivity contribution in [2.75, 3.05) is 0 Å². The first-order valence-corrected chi connectivity index (χ1v) is 6.29. The highest BCUT2D eigenvalue weighted by molar-refractivity contribution is 6.29. The first-order chi connectivity index (χ1) is 7.83. The van der Waals surface area contributed by atoms with Gasteiger partial charge in [-0.3, -0.25) is 0 Å². The molecule has 1 unspecified atom stereocenters. The number of nitrogens with zero attached hydrogens (tertiary/aromatic N) is 1. The maximum atomic E-state index is 5.82. The molecule has 1 aromatic rings. The highest BCUT2D eigenvalue weighted by Gasteiger charge is 2.28. The van der Waals surface area contributed by atoms with Crippen LogP contribution in [0.1, 0.15) is 31.2 Å². The summed E-state index contributed by atoms with van der Waals surface area (Å²) in [5.41, 5.74) is 2.62. The Labute approximate surface area is 101 Å². The first kappa shape index (κ1) is 10.3. The predicted octanol–water partition coefficient (Wildman–Crippen LogP) is 3.03. The number of hydrogen-bond acceptors (Lipinski definition) is 2. The number of halogens is 1. The molecule has 3 heterocycles. The zero-order valence-corrected chi connectivity index (χ0v) is 9.87. The second kappa shape index (κ2) is 4.19. The van der Waals surface area contributed by atoms with Crippen LogP contribution in [0.3, 0.4) is 0 Å². The Morgan fingerprint density at radius 3 is 3.00 bits per heavy atom. The van der Waals surface area contributed by atoms with Crippen LogP contribution in [0.5, 0.6) is 0 Å². The molecule has 0 radical (unpaired) electrons. The summed E-state index contributed by atoms with van der Waals surface area (Å²) in [5, 5.41) is 4.25. The van der Waals surface area contributed by atoms with Crippen LogP contribution in [0.25, 0.3) is 5.57 Å². The summed E-state index contributed by atoms with van der Waals surface area (Å²) < 4.78 is 0. The van der Waals surface area contributed by atoms with Crippen molar-refractivity contribution in [1.29, 1.82) is 0 Å². The minimum Gasteiger partial charge on any atom is -0.307 e. The number of fused-ring (bicyclic) bond motifs is 2. The van der Waals surface area contributed by atoms with E-state index >= 15 is 0 Å². The summed E-state index contributed by atoms with van der Waals surface area (Å²) in [4.78, 5) is 4.16. The quantitative estimate of drug-likeness (QED) is 0.756. The molecule has 84 valence electrons. The Morgan fingerprint density at radius 1 is 1.25 bits per heavy atom. The average Bonchev–Trinajstić information content (AvgIpc) is 2.63. The molecule has 0 amide bonds. The van der Waals surface area contributed by atoms with Gasteiger partial charge in [0.25, 0.3) is 0 Å². The molecule has 0 spiro atoms. The molecule has 3 rings (SSSR count). The van der Waals surface area contributed by atoms with Crippen LogP contribution in [0, 0.1) is 0 Å². The summed E-state index contributed by atoms with van der Waals surface area (Å²) >= 11 is 5.82. The van der Waals surface area contributed by atoms with Gasteiger partial charge in [-0.15, -0.1) is 0 Å². The van der Waals surface area contributed by atoms with Crippen LogP contribution in [-0.4, -0.2) is 17.1 Å². The molecule has 0 aromatic carbocycles. The van der Waals surface area contributed by atoms with Crippen LogP contribution in [-0.2, 0) is 0 Å². The van der Waals surface area contributed by atoms with Gasteiger partial charge < -0.3 is 5.32 Å². The fourth-order valence-electron chi connectivity index (χ4n) is 2.74. The van der Waals surface area contributed by atoms with E-state index in [4.69, 9.17) is 11.6 Å². The van der Waals surface area contributed by atoms with E-state index in [1.54, 1.807) is 0 Å². The Morgan fingerprint density at radius 2 is 2.19 bits per heavy atom. The van der Waals surface area contributed by atoms with Crippen LogP contribution in [0.15, 0.2) is 24.4 Å². The van der Waals surface area contributed by atoms with Crippen LogP contribution in [0.2, 0.25) is 5.15 Å². The smallest absolute Gasteiger partial charge is 0.129 e. The van der Waals surface area contributed by atoms with Gasteiger partial charge in [0.15, 0.2) is 0 Å². The Hall–Kier alpha value is -0.860. The lowest BCUT2D eigenvalue weighted by Crippen LogP contribution is -2.28. The van der Waals surface area contributed by atoms with E-state index in [0.29, 0.717) is 11.2 Å². The van der Waals surface area contributed by atoms with E-state index in [1.807, 2.05) is 12.3 Å². The third-order valence-corrected chi connectivity index (χ3v) is 3.78. The van der Waals surface area contributed by atoms with E-state index < -0.39 is 0 Å². The number of nitrogens with one attached hydrogen (secondary N) is 1. The van der Waals surface area contributed by atoms with Crippen molar-refractivity contribution in [3.8, 4) is 0 Å². The summed E-state index contributed by atoms with van der Waals surface area (Å²) in [6, 6.07) is 5.19. The minimum absolute atomic E-state index is 0.524. The van der Waals surface area contributed by atoms with Gasteiger partial charge in [0.2, 0.25) is 0 Å². The lowest BCUT2D eigenvalue weighted by molar-refractivity contribution is 0.559. The van der Waals surface area contributed by atoms with Crippen molar-refractivity contribution in [2.24, 2.45) is 0 Å². The molecule has 2 aliphatic rings. The predicted molar refractivity (Wildman–Crippen MR) is 66.4 cm³/mol. The van der Waals surface area contributed by atoms with Gasteiger partial charge in [0.1, 0.15) is 5.15 Å². The van der Waals surface area contributed by atoms with E-state index in [9.17, 15) is 0 Å². The first-order valence-electron chi connectivity index (χ1n) is 5.91. The molecular weight excluding hydrogens is 220 g/mol. The van der Waals surface area contributed by atoms with Gasteiger partial charge in [-0.25, -0.2) is 4.98 Å². The molecule has 16 heavy (non-hydrogen) atoms. The maximum Gasteiger partial charge on any atom is 0.129 e. The fraction of sp³-hybridized carbons (Fsp3) is 0.462. The molecule has 1 N–H and O–H groups in total.